The number of methoxy groups -OCH3 is 1. The second-order valence-electron chi connectivity index (χ2n) is 5.20. The van der Waals surface area contributed by atoms with Crippen molar-refractivity contribution >= 4 is 11.6 Å². The highest BCUT2D eigenvalue weighted by Gasteiger charge is 2.26. The lowest BCUT2D eigenvalue weighted by atomic mass is 9.80. The number of alkyl halides is 1. The van der Waals surface area contributed by atoms with Crippen molar-refractivity contribution in [1.82, 2.24) is 0 Å². The maximum absolute atomic E-state index is 6.35. The molecule has 0 heterocycles. The molecule has 0 amide bonds. The standard InChI is InChI=1S/C14H27ClO3/c1-12-3-4-14(15)13(11-12)5-6-17-9-10-18-8-7-16-2/h12-14H,3-11H2,1-2H3. The van der Waals surface area contributed by atoms with Crippen LogP contribution in [0.2, 0.25) is 0 Å². The van der Waals surface area contributed by atoms with Crippen molar-refractivity contribution < 1.29 is 14.2 Å². The van der Waals surface area contributed by atoms with E-state index in [0.29, 0.717) is 37.7 Å². The van der Waals surface area contributed by atoms with E-state index in [-0.39, 0.29) is 0 Å². The van der Waals surface area contributed by atoms with Crippen LogP contribution in [0, 0.1) is 11.8 Å². The first-order chi connectivity index (χ1) is 8.74. The fourth-order valence-electron chi connectivity index (χ4n) is 2.46. The SMILES string of the molecule is COCCOCCOCCC1CC(C)CCC1Cl. The van der Waals surface area contributed by atoms with Gasteiger partial charge in [0.15, 0.2) is 0 Å². The van der Waals surface area contributed by atoms with E-state index in [1.54, 1.807) is 7.11 Å². The van der Waals surface area contributed by atoms with Crippen LogP contribution < -0.4 is 0 Å². The molecule has 1 saturated carbocycles. The van der Waals surface area contributed by atoms with Crippen molar-refractivity contribution in [2.75, 3.05) is 40.1 Å². The van der Waals surface area contributed by atoms with Crippen LogP contribution in [0.15, 0.2) is 0 Å². The van der Waals surface area contributed by atoms with Gasteiger partial charge in [-0.3, -0.25) is 0 Å². The summed E-state index contributed by atoms with van der Waals surface area (Å²) in [6.45, 7) is 5.72. The molecule has 18 heavy (non-hydrogen) atoms. The monoisotopic (exact) mass is 278 g/mol. The summed E-state index contributed by atoms with van der Waals surface area (Å²) in [5.74, 6) is 1.45. The van der Waals surface area contributed by atoms with E-state index in [2.05, 4.69) is 6.92 Å². The maximum Gasteiger partial charge on any atom is 0.0701 e. The van der Waals surface area contributed by atoms with Gasteiger partial charge in [0.25, 0.3) is 0 Å². The molecule has 0 spiro atoms. The Morgan fingerprint density at radius 2 is 1.67 bits per heavy atom. The predicted molar refractivity (Wildman–Crippen MR) is 74.3 cm³/mol. The molecule has 0 saturated heterocycles. The van der Waals surface area contributed by atoms with Crippen LogP contribution in [0.25, 0.3) is 0 Å². The van der Waals surface area contributed by atoms with Gasteiger partial charge in [-0.05, 0) is 37.5 Å². The summed E-state index contributed by atoms with van der Waals surface area (Å²) in [5.41, 5.74) is 0. The molecule has 1 aliphatic rings. The average Bonchev–Trinajstić information content (AvgIpc) is 2.36. The summed E-state index contributed by atoms with van der Waals surface area (Å²) in [4.78, 5) is 0. The zero-order chi connectivity index (χ0) is 13.2. The fourth-order valence-corrected chi connectivity index (χ4v) is 2.81. The number of halogens is 1. The minimum absolute atomic E-state index is 0.350. The summed E-state index contributed by atoms with van der Waals surface area (Å²) in [6.07, 6.45) is 4.77. The Labute approximate surface area is 116 Å². The number of rotatable bonds is 9. The van der Waals surface area contributed by atoms with Crippen molar-refractivity contribution in [2.24, 2.45) is 11.8 Å². The first-order valence-corrected chi connectivity index (χ1v) is 7.46. The molecule has 0 aromatic rings. The third-order valence-corrected chi connectivity index (χ3v) is 4.16. The summed E-state index contributed by atoms with van der Waals surface area (Å²) in [5, 5.41) is 0.350. The van der Waals surface area contributed by atoms with Crippen LogP contribution in [-0.4, -0.2) is 45.5 Å². The predicted octanol–water partition coefficient (Wildman–Crippen LogP) is 3.10. The molecule has 4 heteroatoms. The fraction of sp³-hybridized carbons (Fsp3) is 1.00. The Hall–Kier alpha value is 0.170. The van der Waals surface area contributed by atoms with E-state index in [1.807, 2.05) is 0 Å². The highest BCUT2D eigenvalue weighted by atomic mass is 35.5. The van der Waals surface area contributed by atoms with Crippen molar-refractivity contribution in [1.29, 1.82) is 0 Å². The largest absolute Gasteiger partial charge is 0.382 e. The molecule has 108 valence electrons. The molecule has 0 aliphatic heterocycles. The first-order valence-electron chi connectivity index (χ1n) is 7.02. The minimum atomic E-state index is 0.350. The smallest absolute Gasteiger partial charge is 0.0701 e. The molecule has 1 fully saturated rings. The lowest BCUT2D eigenvalue weighted by molar-refractivity contribution is 0.0204. The van der Waals surface area contributed by atoms with Crippen LogP contribution >= 0.6 is 11.6 Å². The lowest BCUT2D eigenvalue weighted by Gasteiger charge is -2.31. The summed E-state index contributed by atoms with van der Waals surface area (Å²) in [6, 6.07) is 0. The van der Waals surface area contributed by atoms with Crippen molar-refractivity contribution in [3.05, 3.63) is 0 Å². The molecule has 3 atom stereocenters. The second-order valence-corrected chi connectivity index (χ2v) is 5.76. The lowest BCUT2D eigenvalue weighted by Crippen LogP contribution is -2.25. The van der Waals surface area contributed by atoms with Crippen LogP contribution in [0.3, 0.4) is 0 Å². The van der Waals surface area contributed by atoms with Gasteiger partial charge < -0.3 is 14.2 Å². The molecule has 1 aliphatic carbocycles. The van der Waals surface area contributed by atoms with Gasteiger partial charge in [0, 0.05) is 19.1 Å². The van der Waals surface area contributed by atoms with E-state index >= 15 is 0 Å². The molecular weight excluding hydrogens is 252 g/mol. The molecule has 0 aromatic carbocycles. The molecular formula is C14H27ClO3. The third kappa shape index (κ3) is 6.93. The molecule has 0 aromatic heterocycles. The molecule has 3 unspecified atom stereocenters. The molecule has 0 N–H and O–H groups in total. The van der Waals surface area contributed by atoms with E-state index in [9.17, 15) is 0 Å². The average molecular weight is 279 g/mol. The zero-order valence-corrected chi connectivity index (χ0v) is 12.5. The van der Waals surface area contributed by atoms with Crippen LogP contribution in [0.1, 0.15) is 32.6 Å². The Morgan fingerprint density at radius 3 is 2.39 bits per heavy atom. The molecule has 3 nitrogen and oxygen atoms in total. The Morgan fingerprint density at radius 1 is 1.00 bits per heavy atom. The number of hydrogen-bond donors (Lipinski definition) is 0. The van der Waals surface area contributed by atoms with Gasteiger partial charge in [-0.2, -0.15) is 0 Å². The van der Waals surface area contributed by atoms with E-state index in [1.165, 1.54) is 12.8 Å². The van der Waals surface area contributed by atoms with E-state index < -0.39 is 0 Å². The van der Waals surface area contributed by atoms with Gasteiger partial charge >= 0.3 is 0 Å². The number of hydrogen-bond acceptors (Lipinski definition) is 3. The van der Waals surface area contributed by atoms with Crippen LogP contribution in [0.5, 0.6) is 0 Å². The first kappa shape index (κ1) is 16.2. The zero-order valence-electron chi connectivity index (χ0n) is 11.7. The maximum atomic E-state index is 6.35. The second kappa shape index (κ2) is 10.0. The quantitative estimate of drug-likeness (QED) is 0.479. The van der Waals surface area contributed by atoms with E-state index in [0.717, 1.165) is 25.4 Å². The van der Waals surface area contributed by atoms with Gasteiger partial charge in [-0.25, -0.2) is 0 Å². The van der Waals surface area contributed by atoms with Gasteiger partial charge in [0.2, 0.25) is 0 Å². The van der Waals surface area contributed by atoms with Crippen LogP contribution in [0.4, 0.5) is 0 Å². The summed E-state index contributed by atoms with van der Waals surface area (Å²) in [7, 11) is 1.67. The third-order valence-electron chi connectivity index (χ3n) is 3.59. The van der Waals surface area contributed by atoms with Gasteiger partial charge in [0.1, 0.15) is 0 Å². The molecule has 0 radical (unpaired) electrons. The highest BCUT2D eigenvalue weighted by Crippen LogP contribution is 2.34. The van der Waals surface area contributed by atoms with Crippen molar-refractivity contribution in [3.8, 4) is 0 Å². The van der Waals surface area contributed by atoms with E-state index in [4.69, 9.17) is 25.8 Å². The normalized spacial score (nSPS) is 28.5. The van der Waals surface area contributed by atoms with Gasteiger partial charge in [-0.15, -0.1) is 11.6 Å². The highest BCUT2D eigenvalue weighted by molar-refractivity contribution is 6.20. The summed E-state index contributed by atoms with van der Waals surface area (Å²) < 4.78 is 15.8. The molecule has 1 rings (SSSR count). The van der Waals surface area contributed by atoms with Crippen molar-refractivity contribution in [3.63, 3.8) is 0 Å². The minimum Gasteiger partial charge on any atom is -0.382 e. The Kier molecular flexibility index (Phi) is 9.03. The van der Waals surface area contributed by atoms with Gasteiger partial charge in [0.05, 0.1) is 26.4 Å². The number of ether oxygens (including phenoxy) is 3. The Balaban J connectivity index is 1.93. The summed E-state index contributed by atoms with van der Waals surface area (Å²) >= 11 is 6.35. The molecule has 0 bridgehead atoms. The van der Waals surface area contributed by atoms with Crippen molar-refractivity contribution in [2.45, 2.75) is 38.0 Å². The van der Waals surface area contributed by atoms with Gasteiger partial charge in [-0.1, -0.05) is 6.92 Å². The Bertz CT molecular complexity index is 201. The topological polar surface area (TPSA) is 27.7 Å². The van der Waals surface area contributed by atoms with Crippen LogP contribution in [-0.2, 0) is 14.2 Å².